The normalized spacial score (nSPS) is 12.2. The number of carboxylic acid groups (broad SMARTS) is 1. The summed E-state index contributed by atoms with van der Waals surface area (Å²) in [7, 11) is 0. The van der Waals surface area contributed by atoms with Gasteiger partial charge in [-0.25, -0.2) is 4.79 Å². The van der Waals surface area contributed by atoms with Crippen molar-refractivity contribution < 1.29 is 14.7 Å². The maximum atomic E-state index is 12.0. The Balaban J connectivity index is 2.74. The lowest BCUT2D eigenvalue weighted by Crippen LogP contribution is -2.44. The van der Waals surface area contributed by atoms with Gasteiger partial charge in [0, 0.05) is 5.56 Å². The lowest BCUT2D eigenvalue weighted by molar-refractivity contribution is -0.140. The van der Waals surface area contributed by atoms with Crippen LogP contribution in [0.25, 0.3) is 0 Å². The average Bonchev–Trinajstić information content (AvgIpc) is 2.36. The number of carboxylic acids is 1. The summed E-state index contributed by atoms with van der Waals surface area (Å²) < 4.78 is 0. The number of nitrogens with one attached hydrogen (secondary N) is 1. The SMILES string of the molecule is CCCc1ccc(C(=O)NC(C(=O)O)C(C)C)cc1. The van der Waals surface area contributed by atoms with Crippen LogP contribution in [0.5, 0.6) is 0 Å². The molecule has 1 rings (SSSR count). The molecule has 1 amide bonds. The molecule has 0 aromatic heterocycles. The number of amides is 1. The van der Waals surface area contributed by atoms with E-state index in [4.69, 9.17) is 5.11 Å². The van der Waals surface area contributed by atoms with Gasteiger partial charge in [0.25, 0.3) is 5.91 Å². The van der Waals surface area contributed by atoms with Crippen LogP contribution in [-0.4, -0.2) is 23.0 Å². The van der Waals surface area contributed by atoms with Crippen LogP contribution in [0, 0.1) is 5.92 Å². The summed E-state index contributed by atoms with van der Waals surface area (Å²) in [4.78, 5) is 23.0. The lowest BCUT2D eigenvalue weighted by atomic mass is 10.0. The molecular formula is C15H21NO3. The van der Waals surface area contributed by atoms with Gasteiger partial charge in [0.2, 0.25) is 0 Å². The molecule has 0 bridgehead atoms. The maximum Gasteiger partial charge on any atom is 0.326 e. The van der Waals surface area contributed by atoms with E-state index in [0.29, 0.717) is 5.56 Å². The molecule has 0 aliphatic rings. The molecule has 0 spiro atoms. The minimum atomic E-state index is -1.01. The van der Waals surface area contributed by atoms with Crippen molar-refractivity contribution in [1.82, 2.24) is 5.32 Å². The van der Waals surface area contributed by atoms with Gasteiger partial charge in [0.15, 0.2) is 0 Å². The van der Waals surface area contributed by atoms with E-state index < -0.39 is 12.0 Å². The Morgan fingerprint density at radius 1 is 1.21 bits per heavy atom. The highest BCUT2D eigenvalue weighted by atomic mass is 16.4. The van der Waals surface area contributed by atoms with Gasteiger partial charge in [0.1, 0.15) is 6.04 Å². The Morgan fingerprint density at radius 2 is 1.79 bits per heavy atom. The molecule has 0 radical (unpaired) electrons. The first-order valence-electron chi connectivity index (χ1n) is 6.58. The van der Waals surface area contributed by atoms with Crippen LogP contribution in [0.3, 0.4) is 0 Å². The molecule has 0 heterocycles. The quantitative estimate of drug-likeness (QED) is 0.828. The number of hydrogen-bond donors (Lipinski definition) is 2. The lowest BCUT2D eigenvalue weighted by Gasteiger charge is -2.17. The summed E-state index contributed by atoms with van der Waals surface area (Å²) in [6.45, 7) is 5.63. The van der Waals surface area contributed by atoms with Crippen molar-refractivity contribution >= 4 is 11.9 Å². The summed E-state index contributed by atoms with van der Waals surface area (Å²) in [5.41, 5.74) is 1.67. The van der Waals surface area contributed by atoms with Gasteiger partial charge in [-0.15, -0.1) is 0 Å². The Labute approximate surface area is 113 Å². The fourth-order valence-electron chi connectivity index (χ4n) is 1.85. The first kappa shape index (κ1) is 15.2. The standard InChI is InChI=1S/C15H21NO3/c1-4-5-11-6-8-12(9-7-11)14(17)16-13(10(2)3)15(18)19/h6-10,13H,4-5H2,1-3H3,(H,16,17)(H,18,19). The largest absolute Gasteiger partial charge is 0.480 e. The van der Waals surface area contributed by atoms with Crippen molar-refractivity contribution in [3.8, 4) is 0 Å². The summed E-state index contributed by atoms with van der Waals surface area (Å²) in [5.74, 6) is -1.50. The zero-order chi connectivity index (χ0) is 14.4. The van der Waals surface area contributed by atoms with Crippen LogP contribution < -0.4 is 5.32 Å². The summed E-state index contributed by atoms with van der Waals surface area (Å²) in [6.07, 6.45) is 2.03. The number of hydrogen-bond acceptors (Lipinski definition) is 2. The fraction of sp³-hybridized carbons (Fsp3) is 0.467. The second kappa shape index (κ2) is 6.92. The molecule has 104 valence electrons. The van der Waals surface area contributed by atoms with E-state index >= 15 is 0 Å². The highest BCUT2D eigenvalue weighted by Crippen LogP contribution is 2.08. The molecule has 4 heteroatoms. The number of aryl methyl sites for hydroxylation is 1. The third-order valence-electron chi connectivity index (χ3n) is 2.97. The van der Waals surface area contributed by atoms with E-state index in [2.05, 4.69) is 12.2 Å². The molecule has 0 saturated heterocycles. The van der Waals surface area contributed by atoms with Gasteiger partial charge < -0.3 is 10.4 Å². The summed E-state index contributed by atoms with van der Waals surface area (Å²) >= 11 is 0. The van der Waals surface area contributed by atoms with E-state index in [1.54, 1.807) is 26.0 Å². The highest BCUT2D eigenvalue weighted by molar-refractivity contribution is 5.96. The van der Waals surface area contributed by atoms with Crippen molar-refractivity contribution in [1.29, 1.82) is 0 Å². The molecule has 1 aromatic rings. The molecular weight excluding hydrogens is 242 g/mol. The van der Waals surface area contributed by atoms with Crippen LogP contribution in [-0.2, 0) is 11.2 Å². The predicted octanol–water partition coefficient (Wildman–Crippen LogP) is 2.48. The zero-order valence-corrected chi connectivity index (χ0v) is 11.6. The number of aliphatic carboxylic acids is 1. The van der Waals surface area contributed by atoms with E-state index in [1.807, 2.05) is 12.1 Å². The van der Waals surface area contributed by atoms with E-state index in [9.17, 15) is 9.59 Å². The fourth-order valence-corrected chi connectivity index (χ4v) is 1.85. The Bertz CT molecular complexity index is 437. The van der Waals surface area contributed by atoms with Gasteiger partial charge in [0.05, 0.1) is 0 Å². The summed E-state index contributed by atoms with van der Waals surface area (Å²) in [5, 5.41) is 11.6. The minimum Gasteiger partial charge on any atom is -0.480 e. The van der Waals surface area contributed by atoms with Crippen LogP contribution >= 0.6 is 0 Å². The third-order valence-corrected chi connectivity index (χ3v) is 2.97. The summed E-state index contributed by atoms with van der Waals surface area (Å²) in [6, 6.07) is 6.43. The smallest absolute Gasteiger partial charge is 0.326 e. The number of benzene rings is 1. The van der Waals surface area contributed by atoms with E-state index in [0.717, 1.165) is 12.8 Å². The van der Waals surface area contributed by atoms with Crippen molar-refractivity contribution in [3.63, 3.8) is 0 Å². The van der Waals surface area contributed by atoms with Crippen molar-refractivity contribution in [2.75, 3.05) is 0 Å². The second-order valence-electron chi connectivity index (χ2n) is 4.98. The van der Waals surface area contributed by atoms with Gasteiger partial charge in [-0.05, 0) is 30.0 Å². The molecule has 0 aliphatic heterocycles. The first-order chi connectivity index (χ1) is 8.95. The van der Waals surface area contributed by atoms with E-state index in [1.165, 1.54) is 5.56 Å². The van der Waals surface area contributed by atoms with Crippen molar-refractivity contribution in [3.05, 3.63) is 35.4 Å². The zero-order valence-electron chi connectivity index (χ0n) is 11.6. The first-order valence-corrected chi connectivity index (χ1v) is 6.58. The van der Waals surface area contributed by atoms with Crippen molar-refractivity contribution in [2.45, 2.75) is 39.7 Å². The molecule has 1 atom stereocenters. The monoisotopic (exact) mass is 263 g/mol. The second-order valence-corrected chi connectivity index (χ2v) is 4.98. The van der Waals surface area contributed by atoms with Crippen LogP contribution in [0.15, 0.2) is 24.3 Å². The van der Waals surface area contributed by atoms with Crippen LogP contribution in [0.1, 0.15) is 43.1 Å². The van der Waals surface area contributed by atoms with Gasteiger partial charge in [-0.2, -0.15) is 0 Å². The number of rotatable bonds is 6. The molecule has 1 unspecified atom stereocenters. The van der Waals surface area contributed by atoms with Crippen LogP contribution in [0.2, 0.25) is 0 Å². The van der Waals surface area contributed by atoms with Gasteiger partial charge in [-0.1, -0.05) is 39.3 Å². The predicted molar refractivity (Wildman–Crippen MR) is 74.2 cm³/mol. The molecule has 0 saturated carbocycles. The molecule has 2 N–H and O–H groups in total. The number of carbonyl (C=O) groups excluding carboxylic acids is 1. The molecule has 1 aromatic carbocycles. The Hall–Kier alpha value is -1.84. The average molecular weight is 263 g/mol. The van der Waals surface area contributed by atoms with Crippen LogP contribution in [0.4, 0.5) is 0 Å². The van der Waals surface area contributed by atoms with Crippen molar-refractivity contribution in [2.24, 2.45) is 5.92 Å². The topological polar surface area (TPSA) is 66.4 Å². The molecule has 0 aliphatic carbocycles. The maximum absolute atomic E-state index is 12.0. The molecule has 4 nitrogen and oxygen atoms in total. The Morgan fingerprint density at radius 3 is 2.21 bits per heavy atom. The highest BCUT2D eigenvalue weighted by Gasteiger charge is 2.23. The molecule has 0 fully saturated rings. The van der Waals surface area contributed by atoms with Gasteiger partial charge in [-0.3, -0.25) is 4.79 Å². The minimum absolute atomic E-state index is 0.152. The van der Waals surface area contributed by atoms with E-state index in [-0.39, 0.29) is 11.8 Å². The third kappa shape index (κ3) is 4.39. The molecule has 19 heavy (non-hydrogen) atoms. The van der Waals surface area contributed by atoms with Gasteiger partial charge >= 0.3 is 5.97 Å². The Kier molecular flexibility index (Phi) is 5.55. The number of carbonyl (C=O) groups is 2.